The molecule has 1 aliphatic carbocycles. The van der Waals surface area contributed by atoms with Crippen LogP contribution in [-0.4, -0.2) is 32.9 Å². The lowest BCUT2D eigenvalue weighted by atomic mass is 10.1. The first kappa shape index (κ1) is 22.8. The number of hydrogen-bond acceptors (Lipinski definition) is 6. The predicted molar refractivity (Wildman–Crippen MR) is 119 cm³/mol. The number of rotatable bonds is 7. The van der Waals surface area contributed by atoms with E-state index in [0.717, 1.165) is 37.0 Å². The number of sulfonamides is 1. The zero-order valence-electron chi connectivity index (χ0n) is 16.2. The standard InChI is InChI=1S/C20H23BrN2O5S2/c21-17-11-12-19(29-17)30(26,27)23-16-9-7-14(8-10-16)20(25)28-13-18(24)22-15-5-3-1-2-4-6-15/h7-12,15,23H,1-6,13H2,(H,22,24). The molecule has 30 heavy (non-hydrogen) atoms. The number of anilines is 1. The molecule has 10 heteroatoms. The van der Waals surface area contributed by atoms with Crippen LogP contribution >= 0.6 is 27.3 Å². The van der Waals surface area contributed by atoms with Gasteiger partial charge in [-0.3, -0.25) is 9.52 Å². The van der Waals surface area contributed by atoms with Crippen LogP contribution in [0.3, 0.4) is 0 Å². The average Bonchev–Trinajstić information content (AvgIpc) is 3.00. The quantitative estimate of drug-likeness (QED) is 0.423. The topological polar surface area (TPSA) is 102 Å². The maximum atomic E-state index is 12.3. The van der Waals surface area contributed by atoms with Gasteiger partial charge in [0.15, 0.2) is 6.61 Å². The minimum Gasteiger partial charge on any atom is -0.452 e. The first-order chi connectivity index (χ1) is 14.3. The number of carbonyl (C=O) groups is 2. The summed E-state index contributed by atoms with van der Waals surface area (Å²) in [5.41, 5.74) is 0.557. The minimum absolute atomic E-state index is 0.148. The van der Waals surface area contributed by atoms with E-state index >= 15 is 0 Å². The summed E-state index contributed by atoms with van der Waals surface area (Å²) in [6.45, 7) is -0.336. The van der Waals surface area contributed by atoms with Gasteiger partial charge in [-0.15, -0.1) is 11.3 Å². The highest BCUT2D eigenvalue weighted by molar-refractivity contribution is 9.11. The number of amides is 1. The van der Waals surface area contributed by atoms with Gasteiger partial charge < -0.3 is 10.1 Å². The van der Waals surface area contributed by atoms with Gasteiger partial charge in [0.05, 0.1) is 9.35 Å². The fraction of sp³-hybridized carbons (Fsp3) is 0.400. The number of ether oxygens (including phenoxy) is 1. The molecule has 0 atom stereocenters. The molecule has 1 fully saturated rings. The van der Waals surface area contributed by atoms with Crippen molar-refractivity contribution in [3.63, 3.8) is 0 Å². The first-order valence-electron chi connectivity index (χ1n) is 9.68. The number of hydrogen-bond donors (Lipinski definition) is 2. The zero-order chi connectivity index (χ0) is 21.6. The number of carbonyl (C=O) groups excluding carboxylic acids is 2. The number of nitrogens with one attached hydrogen (secondary N) is 2. The van der Waals surface area contributed by atoms with E-state index in [4.69, 9.17) is 4.74 Å². The van der Waals surface area contributed by atoms with E-state index in [9.17, 15) is 18.0 Å². The van der Waals surface area contributed by atoms with Crippen molar-refractivity contribution in [1.82, 2.24) is 5.32 Å². The number of halogens is 1. The third-order valence-corrected chi connectivity index (χ3v) is 8.24. The molecule has 0 spiro atoms. The van der Waals surface area contributed by atoms with Gasteiger partial charge >= 0.3 is 5.97 Å². The smallest absolute Gasteiger partial charge is 0.338 e. The second kappa shape index (κ2) is 10.4. The van der Waals surface area contributed by atoms with Crippen molar-refractivity contribution in [2.45, 2.75) is 48.8 Å². The van der Waals surface area contributed by atoms with Crippen LogP contribution in [0.4, 0.5) is 5.69 Å². The van der Waals surface area contributed by atoms with Crippen molar-refractivity contribution >= 4 is 54.9 Å². The molecule has 1 heterocycles. The van der Waals surface area contributed by atoms with E-state index in [0.29, 0.717) is 9.47 Å². The van der Waals surface area contributed by atoms with Crippen LogP contribution in [0.5, 0.6) is 0 Å². The molecule has 0 saturated heterocycles. The summed E-state index contributed by atoms with van der Waals surface area (Å²) in [6, 6.07) is 9.16. The zero-order valence-corrected chi connectivity index (χ0v) is 19.4. The second-order valence-electron chi connectivity index (χ2n) is 7.07. The second-order valence-corrected chi connectivity index (χ2v) is 11.4. The highest BCUT2D eigenvalue weighted by Crippen LogP contribution is 2.27. The van der Waals surface area contributed by atoms with Gasteiger partial charge in [0.25, 0.3) is 15.9 Å². The summed E-state index contributed by atoms with van der Waals surface area (Å²) < 4.78 is 33.1. The van der Waals surface area contributed by atoms with E-state index in [1.165, 1.54) is 43.2 Å². The van der Waals surface area contributed by atoms with E-state index in [1.54, 1.807) is 6.07 Å². The summed E-state index contributed by atoms with van der Waals surface area (Å²) in [7, 11) is -3.69. The Kier molecular flexibility index (Phi) is 7.90. The van der Waals surface area contributed by atoms with Crippen LogP contribution in [0.1, 0.15) is 48.9 Å². The molecular weight excluding hydrogens is 492 g/mol. The van der Waals surface area contributed by atoms with Crippen molar-refractivity contribution in [1.29, 1.82) is 0 Å². The Balaban J connectivity index is 1.50. The van der Waals surface area contributed by atoms with Gasteiger partial charge in [-0.1, -0.05) is 25.7 Å². The van der Waals surface area contributed by atoms with Crippen molar-refractivity contribution < 1.29 is 22.7 Å². The third-order valence-electron chi connectivity index (χ3n) is 4.74. The molecule has 2 aromatic rings. The van der Waals surface area contributed by atoms with Crippen molar-refractivity contribution in [2.24, 2.45) is 0 Å². The van der Waals surface area contributed by atoms with Crippen LogP contribution in [-0.2, 0) is 19.6 Å². The molecule has 7 nitrogen and oxygen atoms in total. The van der Waals surface area contributed by atoms with Crippen LogP contribution < -0.4 is 10.0 Å². The first-order valence-corrected chi connectivity index (χ1v) is 12.8. The maximum Gasteiger partial charge on any atom is 0.338 e. The minimum atomic E-state index is -3.69. The van der Waals surface area contributed by atoms with Gasteiger partial charge in [-0.05, 0) is 65.2 Å². The lowest BCUT2D eigenvalue weighted by Crippen LogP contribution is -2.37. The van der Waals surface area contributed by atoms with Gasteiger partial charge in [-0.2, -0.15) is 0 Å². The number of esters is 1. The van der Waals surface area contributed by atoms with E-state index in [-0.39, 0.29) is 28.3 Å². The maximum absolute atomic E-state index is 12.3. The summed E-state index contributed by atoms with van der Waals surface area (Å²) in [5.74, 6) is -0.940. The van der Waals surface area contributed by atoms with Crippen LogP contribution in [0.25, 0.3) is 0 Å². The van der Waals surface area contributed by atoms with Crippen LogP contribution in [0, 0.1) is 0 Å². The Morgan fingerprint density at radius 1 is 1.03 bits per heavy atom. The Morgan fingerprint density at radius 2 is 1.70 bits per heavy atom. The SMILES string of the molecule is O=C(COC(=O)c1ccc(NS(=O)(=O)c2ccc(Br)s2)cc1)NC1CCCCCC1. The highest BCUT2D eigenvalue weighted by atomic mass is 79.9. The molecule has 0 unspecified atom stereocenters. The molecule has 2 N–H and O–H groups in total. The summed E-state index contributed by atoms with van der Waals surface area (Å²) >= 11 is 4.34. The molecule has 1 amide bonds. The van der Waals surface area contributed by atoms with Crippen molar-refractivity contribution in [2.75, 3.05) is 11.3 Å². The average molecular weight is 515 g/mol. The van der Waals surface area contributed by atoms with Crippen LogP contribution in [0.2, 0.25) is 0 Å². The van der Waals surface area contributed by atoms with E-state index in [2.05, 4.69) is 26.0 Å². The van der Waals surface area contributed by atoms with Gasteiger partial charge in [-0.25, -0.2) is 13.2 Å². The molecule has 0 bridgehead atoms. The van der Waals surface area contributed by atoms with E-state index < -0.39 is 16.0 Å². The Bertz CT molecular complexity index is 981. The Morgan fingerprint density at radius 3 is 2.30 bits per heavy atom. The molecule has 0 radical (unpaired) electrons. The number of thiophene rings is 1. The van der Waals surface area contributed by atoms with Crippen molar-refractivity contribution in [3.8, 4) is 0 Å². The number of benzene rings is 1. The lowest BCUT2D eigenvalue weighted by Gasteiger charge is -2.16. The largest absolute Gasteiger partial charge is 0.452 e. The molecule has 1 aliphatic rings. The molecule has 1 aromatic heterocycles. The van der Waals surface area contributed by atoms with Crippen LogP contribution in [0.15, 0.2) is 44.4 Å². The monoisotopic (exact) mass is 514 g/mol. The third kappa shape index (κ3) is 6.55. The molecule has 162 valence electrons. The van der Waals surface area contributed by atoms with Crippen molar-refractivity contribution in [3.05, 3.63) is 45.7 Å². The van der Waals surface area contributed by atoms with E-state index in [1.807, 2.05) is 0 Å². The molecule has 1 saturated carbocycles. The summed E-state index contributed by atoms with van der Waals surface area (Å²) in [5, 5.41) is 2.92. The molecular formula is C20H23BrN2O5S2. The van der Waals surface area contributed by atoms with Gasteiger partial charge in [0.1, 0.15) is 4.21 Å². The fourth-order valence-electron chi connectivity index (χ4n) is 3.23. The fourth-order valence-corrected chi connectivity index (χ4v) is 6.30. The molecule has 1 aromatic carbocycles. The predicted octanol–water partition coefficient (Wildman–Crippen LogP) is 4.31. The Hall–Kier alpha value is -1.91. The lowest BCUT2D eigenvalue weighted by molar-refractivity contribution is -0.125. The Labute approximate surface area is 188 Å². The molecule has 3 rings (SSSR count). The van der Waals surface area contributed by atoms with Gasteiger partial charge in [0, 0.05) is 11.7 Å². The highest BCUT2D eigenvalue weighted by Gasteiger charge is 2.18. The summed E-state index contributed by atoms with van der Waals surface area (Å²) in [6.07, 6.45) is 6.50. The van der Waals surface area contributed by atoms with Gasteiger partial charge in [0.2, 0.25) is 0 Å². The summed E-state index contributed by atoms with van der Waals surface area (Å²) in [4.78, 5) is 24.2. The normalized spacial score (nSPS) is 15.2. The molecule has 0 aliphatic heterocycles.